The molecule has 1 saturated heterocycles. The van der Waals surface area contributed by atoms with Crippen LogP contribution in [-0.2, 0) is 16.0 Å². The van der Waals surface area contributed by atoms with Crippen molar-refractivity contribution in [3.05, 3.63) is 23.8 Å². The Morgan fingerprint density at radius 2 is 2.23 bits per heavy atom. The van der Waals surface area contributed by atoms with Crippen molar-refractivity contribution < 1.29 is 19.1 Å². The van der Waals surface area contributed by atoms with Crippen molar-refractivity contribution in [2.45, 2.75) is 19.3 Å². The van der Waals surface area contributed by atoms with E-state index in [-0.39, 0.29) is 18.4 Å². The normalized spacial score (nSPS) is 21.1. The number of carboxylic acid groups (broad SMARTS) is 1. The molecule has 1 atom stereocenters. The molecule has 118 valence electrons. The van der Waals surface area contributed by atoms with Crippen LogP contribution in [0.5, 0.6) is 0 Å². The lowest BCUT2D eigenvalue weighted by Crippen LogP contribution is -2.38. The van der Waals surface area contributed by atoms with E-state index in [0.29, 0.717) is 19.4 Å². The van der Waals surface area contributed by atoms with Crippen LogP contribution in [0.3, 0.4) is 0 Å². The molecule has 1 amide bonds. The van der Waals surface area contributed by atoms with Crippen molar-refractivity contribution in [1.82, 2.24) is 0 Å². The molecule has 2 aliphatic heterocycles. The van der Waals surface area contributed by atoms with Crippen LogP contribution in [0.1, 0.15) is 18.4 Å². The number of carbonyl (C=O) groups is 2. The fourth-order valence-corrected chi connectivity index (χ4v) is 3.31. The standard InChI is InChI=1S/C16H19FN2O3/c17-5-7-19-14-4-3-13(8-12(14)9-15(19)20)18-6-1-2-11(10-18)16(21)22/h3-4,8,11H,1-2,5-7,9-10H2,(H,21,22). The quantitative estimate of drug-likeness (QED) is 0.922. The van der Waals surface area contributed by atoms with Gasteiger partial charge in [0.05, 0.1) is 18.9 Å². The monoisotopic (exact) mass is 306 g/mol. The van der Waals surface area contributed by atoms with Crippen LogP contribution in [0.15, 0.2) is 18.2 Å². The minimum atomic E-state index is -0.754. The van der Waals surface area contributed by atoms with Crippen molar-refractivity contribution in [3.63, 3.8) is 0 Å². The van der Waals surface area contributed by atoms with Crippen LogP contribution in [0, 0.1) is 5.92 Å². The zero-order valence-electron chi connectivity index (χ0n) is 12.3. The predicted molar refractivity (Wildman–Crippen MR) is 81.0 cm³/mol. The van der Waals surface area contributed by atoms with Gasteiger partial charge in [0.25, 0.3) is 0 Å². The van der Waals surface area contributed by atoms with E-state index in [1.807, 2.05) is 18.2 Å². The van der Waals surface area contributed by atoms with Crippen LogP contribution in [0.25, 0.3) is 0 Å². The third-order valence-corrected chi connectivity index (χ3v) is 4.44. The number of piperidine rings is 1. The van der Waals surface area contributed by atoms with E-state index in [2.05, 4.69) is 4.90 Å². The number of hydrogen-bond donors (Lipinski definition) is 1. The zero-order valence-corrected chi connectivity index (χ0v) is 12.3. The van der Waals surface area contributed by atoms with E-state index in [4.69, 9.17) is 0 Å². The Hall–Kier alpha value is -2.11. The molecule has 0 spiro atoms. The van der Waals surface area contributed by atoms with Gasteiger partial charge in [-0.05, 0) is 36.6 Å². The molecule has 2 heterocycles. The summed E-state index contributed by atoms with van der Waals surface area (Å²) in [6.45, 7) is 0.857. The van der Waals surface area contributed by atoms with Crippen LogP contribution >= 0.6 is 0 Å². The summed E-state index contributed by atoms with van der Waals surface area (Å²) < 4.78 is 12.5. The maximum absolute atomic E-state index is 12.5. The lowest BCUT2D eigenvalue weighted by molar-refractivity contribution is -0.142. The molecule has 1 aromatic rings. The van der Waals surface area contributed by atoms with Gasteiger partial charge >= 0.3 is 5.97 Å². The number of rotatable bonds is 4. The van der Waals surface area contributed by atoms with E-state index in [0.717, 1.165) is 29.9 Å². The fourth-order valence-electron chi connectivity index (χ4n) is 3.31. The van der Waals surface area contributed by atoms with Gasteiger partial charge in [0.15, 0.2) is 0 Å². The molecule has 0 bridgehead atoms. The Balaban J connectivity index is 1.81. The number of alkyl halides is 1. The smallest absolute Gasteiger partial charge is 0.308 e. The highest BCUT2D eigenvalue weighted by atomic mass is 19.1. The van der Waals surface area contributed by atoms with Crippen molar-refractivity contribution in [1.29, 1.82) is 0 Å². The highest BCUT2D eigenvalue weighted by Crippen LogP contribution is 2.33. The van der Waals surface area contributed by atoms with Gasteiger partial charge in [-0.2, -0.15) is 0 Å². The molecule has 1 aromatic carbocycles. The van der Waals surface area contributed by atoms with E-state index >= 15 is 0 Å². The number of aliphatic carboxylic acids is 1. The Morgan fingerprint density at radius 1 is 1.41 bits per heavy atom. The minimum absolute atomic E-state index is 0.0770. The molecule has 1 N–H and O–H groups in total. The van der Waals surface area contributed by atoms with Crippen LogP contribution in [0.2, 0.25) is 0 Å². The second kappa shape index (κ2) is 5.94. The first kappa shape index (κ1) is 14.8. The summed E-state index contributed by atoms with van der Waals surface area (Å²) in [7, 11) is 0. The van der Waals surface area contributed by atoms with Crippen molar-refractivity contribution >= 4 is 23.3 Å². The van der Waals surface area contributed by atoms with E-state index < -0.39 is 12.6 Å². The number of fused-ring (bicyclic) bond motifs is 1. The lowest BCUT2D eigenvalue weighted by atomic mass is 9.97. The maximum Gasteiger partial charge on any atom is 0.308 e. The van der Waals surface area contributed by atoms with Gasteiger partial charge in [-0.3, -0.25) is 9.59 Å². The Labute approximate surface area is 128 Å². The molecular weight excluding hydrogens is 287 g/mol. The summed E-state index contributed by atoms with van der Waals surface area (Å²) >= 11 is 0. The maximum atomic E-state index is 12.5. The van der Waals surface area contributed by atoms with Crippen molar-refractivity contribution in [3.8, 4) is 0 Å². The Bertz CT molecular complexity index is 605. The third-order valence-electron chi connectivity index (χ3n) is 4.44. The number of carbonyl (C=O) groups excluding carboxylic acids is 1. The molecule has 2 aliphatic rings. The summed E-state index contributed by atoms with van der Waals surface area (Å²) in [5, 5.41) is 9.17. The summed E-state index contributed by atoms with van der Waals surface area (Å²) in [6, 6.07) is 5.68. The Kier molecular flexibility index (Phi) is 4.00. The summed E-state index contributed by atoms with van der Waals surface area (Å²) in [5.74, 6) is -1.17. The first-order valence-electron chi connectivity index (χ1n) is 7.57. The second-order valence-corrected chi connectivity index (χ2v) is 5.85. The first-order chi connectivity index (χ1) is 10.6. The highest BCUT2D eigenvalue weighted by Gasteiger charge is 2.29. The van der Waals surface area contributed by atoms with E-state index in [1.165, 1.54) is 4.90 Å². The molecule has 0 aliphatic carbocycles. The van der Waals surface area contributed by atoms with Gasteiger partial charge in [-0.25, -0.2) is 4.39 Å². The van der Waals surface area contributed by atoms with E-state index in [9.17, 15) is 19.1 Å². The molecular formula is C16H19FN2O3. The van der Waals surface area contributed by atoms with Crippen LogP contribution in [-0.4, -0.2) is 43.3 Å². The summed E-state index contributed by atoms with van der Waals surface area (Å²) in [6.07, 6.45) is 1.85. The van der Waals surface area contributed by atoms with Gasteiger partial charge < -0.3 is 14.9 Å². The van der Waals surface area contributed by atoms with Gasteiger partial charge in [-0.1, -0.05) is 0 Å². The molecule has 0 saturated carbocycles. The average molecular weight is 306 g/mol. The van der Waals surface area contributed by atoms with E-state index in [1.54, 1.807) is 0 Å². The minimum Gasteiger partial charge on any atom is -0.481 e. The molecule has 22 heavy (non-hydrogen) atoms. The number of amides is 1. The summed E-state index contributed by atoms with van der Waals surface area (Å²) in [4.78, 5) is 26.6. The molecule has 1 unspecified atom stereocenters. The zero-order chi connectivity index (χ0) is 15.7. The largest absolute Gasteiger partial charge is 0.481 e. The number of benzene rings is 1. The average Bonchev–Trinajstić information content (AvgIpc) is 2.83. The number of hydrogen-bond acceptors (Lipinski definition) is 3. The number of anilines is 2. The molecule has 3 rings (SSSR count). The molecule has 6 heteroatoms. The highest BCUT2D eigenvalue weighted by molar-refractivity contribution is 6.01. The van der Waals surface area contributed by atoms with Crippen molar-refractivity contribution in [2.24, 2.45) is 5.92 Å². The van der Waals surface area contributed by atoms with Crippen molar-refractivity contribution in [2.75, 3.05) is 36.1 Å². The fraction of sp³-hybridized carbons (Fsp3) is 0.500. The number of halogens is 1. The second-order valence-electron chi connectivity index (χ2n) is 5.85. The number of carboxylic acids is 1. The number of nitrogens with zero attached hydrogens (tertiary/aromatic N) is 2. The van der Waals surface area contributed by atoms with Crippen LogP contribution < -0.4 is 9.80 Å². The molecule has 0 aromatic heterocycles. The first-order valence-corrected chi connectivity index (χ1v) is 7.57. The SMILES string of the molecule is O=C(O)C1CCCN(c2ccc3c(c2)CC(=O)N3CCF)C1. The lowest BCUT2D eigenvalue weighted by Gasteiger charge is -2.32. The summed E-state index contributed by atoms with van der Waals surface area (Å²) in [5.41, 5.74) is 2.62. The molecule has 1 fully saturated rings. The van der Waals surface area contributed by atoms with Crippen LogP contribution in [0.4, 0.5) is 15.8 Å². The topological polar surface area (TPSA) is 60.9 Å². The van der Waals surface area contributed by atoms with Gasteiger partial charge in [0.2, 0.25) is 5.91 Å². The van der Waals surface area contributed by atoms with Gasteiger partial charge in [0, 0.05) is 24.5 Å². The van der Waals surface area contributed by atoms with Gasteiger partial charge in [0.1, 0.15) is 6.67 Å². The third kappa shape index (κ3) is 2.65. The van der Waals surface area contributed by atoms with Gasteiger partial charge in [-0.15, -0.1) is 0 Å². The molecule has 5 nitrogen and oxygen atoms in total. The predicted octanol–water partition coefficient (Wildman–Crippen LogP) is 1.85. The Morgan fingerprint density at radius 3 is 2.95 bits per heavy atom. The molecule has 0 radical (unpaired) electrons.